The van der Waals surface area contributed by atoms with E-state index in [0.29, 0.717) is 11.1 Å². The molecule has 4 heterocycles. The Labute approximate surface area is 266 Å². The van der Waals surface area contributed by atoms with Gasteiger partial charge in [0.25, 0.3) is 0 Å². The summed E-state index contributed by atoms with van der Waals surface area (Å²) >= 11 is 0. The topological polar surface area (TPSA) is 56.4 Å². The average Bonchev–Trinajstić information content (AvgIpc) is 3.65. The van der Waals surface area contributed by atoms with E-state index in [-0.39, 0.29) is 0 Å². The molecule has 8 rings (SSSR count). The molecule has 8 aromatic rings. The summed E-state index contributed by atoms with van der Waals surface area (Å²) in [7, 11) is 0. The fourth-order valence-electron chi connectivity index (χ4n) is 6.69. The highest BCUT2D eigenvalue weighted by Gasteiger charge is 2.29. The number of hydrogen-bond acceptors (Lipinski definition) is 2. The normalized spacial score (nSPS) is 11.0. The van der Waals surface area contributed by atoms with Gasteiger partial charge in [-0.2, -0.15) is 10.5 Å². The highest BCUT2D eigenvalue weighted by Crippen LogP contribution is 2.52. The highest BCUT2D eigenvalue weighted by molar-refractivity contribution is 6.13. The van der Waals surface area contributed by atoms with Gasteiger partial charge in [0.1, 0.15) is 0 Å². The lowest BCUT2D eigenvalue weighted by molar-refractivity contribution is 1.20. The van der Waals surface area contributed by atoms with Crippen LogP contribution < -0.4 is 0 Å². The first-order valence-corrected chi connectivity index (χ1v) is 15.1. The Hall–Kier alpha value is -6.62. The molecule has 0 bridgehead atoms. The molecule has 0 atom stereocenters. The molecule has 4 aromatic carbocycles. The Bertz CT molecular complexity index is 2280. The minimum absolute atomic E-state index is 0.580. The van der Waals surface area contributed by atoms with Gasteiger partial charge in [-0.05, 0) is 46.5 Å². The van der Waals surface area contributed by atoms with Gasteiger partial charge in [-0.1, -0.05) is 121 Å². The van der Waals surface area contributed by atoms with E-state index in [1.807, 2.05) is 60.9 Å². The number of nitrogens with zero attached hydrogens (tertiary/aromatic N) is 4. The highest BCUT2D eigenvalue weighted by atomic mass is 14.9. The molecule has 0 saturated heterocycles. The summed E-state index contributed by atoms with van der Waals surface area (Å²) in [6.45, 7) is 0. The summed E-state index contributed by atoms with van der Waals surface area (Å²) in [6.07, 6.45) is 4.01. The van der Waals surface area contributed by atoms with E-state index in [1.165, 1.54) is 0 Å². The van der Waals surface area contributed by atoms with Gasteiger partial charge >= 0.3 is 0 Å². The van der Waals surface area contributed by atoms with Crippen molar-refractivity contribution in [2.45, 2.75) is 0 Å². The lowest BCUT2D eigenvalue weighted by Crippen LogP contribution is -1.90. The second-order valence-corrected chi connectivity index (χ2v) is 11.2. The van der Waals surface area contributed by atoms with Crippen LogP contribution in [0.5, 0.6) is 0 Å². The van der Waals surface area contributed by atoms with E-state index < -0.39 is 0 Å². The van der Waals surface area contributed by atoms with Gasteiger partial charge in [0.15, 0.2) is 0 Å². The summed E-state index contributed by atoms with van der Waals surface area (Å²) in [5.41, 5.74) is 13.5. The molecule has 0 N–H and O–H groups in total. The lowest BCUT2D eigenvalue weighted by Gasteiger charge is -2.12. The van der Waals surface area contributed by atoms with Crippen LogP contribution in [0.25, 0.3) is 66.9 Å². The molecule has 4 aromatic heterocycles. The first kappa shape index (κ1) is 27.0. The molecule has 0 radical (unpaired) electrons. The number of pyridine rings is 2. The molecule has 46 heavy (non-hydrogen) atoms. The van der Waals surface area contributed by atoms with Crippen molar-refractivity contribution in [3.05, 3.63) is 169 Å². The molecule has 4 nitrogen and oxygen atoms in total. The smallest absolute Gasteiger partial charge is 0.0992 e. The first-order valence-electron chi connectivity index (χ1n) is 15.1. The summed E-state index contributed by atoms with van der Waals surface area (Å²) < 4.78 is 4.42. The van der Waals surface area contributed by atoms with Gasteiger partial charge in [0, 0.05) is 34.6 Å². The molecule has 0 aliphatic carbocycles. The zero-order chi connectivity index (χ0) is 31.0. The zero-order valence-corrected chi connectivity index (χ0v) is 24.8. The predicted molar refractivity (Wildman–Crippen MR) is 185 cm³/mol. The van der Waals surface area contributed by atoms with Crippen LogP contribution in [-0.4, -0.2) is 8.80 Å². The molecule has 0 amide bonds. The number of benzene rings is 4. The van der Waals surface area contributed by atoms with Crippen LogP contribution in [0.15, 0.2) is 158 Å². The molecule has 214 valence electrons. The molecule has 0 spiro atoms. The molecule has 0 aliphatic rings. The average molecular weight is 587 g/mol. The number of aromatic nitrogens is 2. The Morgan fingerprint density at radius 1 is 0.370 bits per heavy atom. The van der Waals surface area contributed by atoms with Crippen LogP contribution in [0, 0.1) is 22.7 Å². The van der Waals surface area contributed by atoms with Crippen LogP contribution >= 0.6 is 0 Å². The maximum Gasteiger partial charge on any atom is 0.0992 e. The molecule has 0 fully saturated rings. The number of rotatable bonds is 5. The van der Waals surface area contributed by atoms with E-state index >= 15 is 0 Å². The Morgan fingerprint density at radius 2 is 0.696 bits per heavy atom. The minimum Gasteiger partial charge on any atom is -0.315 e. The number of fused-ring (bicyclic) bond motifs is 2. The van der Waals surface area contributed by atoms with Crippen molar-refractivity contribution < 1.29 is 0 Å². The summed E-state index contributed by atoms with van der Waals surface area (Å²) in [6, 6.07) is 54.2. The first-order chi connectivity index (χ1) is 22.8. The van der Waals surface area contributed by atoms with Gasteiger partial charge in [0.2, 0.25) is 0 Å². The maximum absolute atomic E-state index is 10.1. The maximum atomic E-state index is 10.1. The largest absolute Gasteiger partial charge is 0.315 e. The molecular formula is C42H26N4. The fraction of sp³-hybridized carbons (Fsp3) is 0. The zero-order valence-electron chi connectivity index (χ0n) is 24.8. The lowest BCUT2D eigenvalue weighted by atomic mass is 9.88. The van der Waals surface area contributed by atoms with Gasteiger partial charge in [-0.25, -0.2) is 0 Å². The molecular weight excluding hydrogens is 560 g/mol. The van der Waals surface area contributed by atoms with Gasteiger partial charge in [-0.15, -0.1) is 0 Å². The molecule has 4 heteroatoms. The fourth-order valence-corrected chi connectivity index (χ4v) is 6.69. The standard InChI is InChI=1S/C42H26N4/c43-27-29-21-23-45-35(25-29)39(37(31-13-5-1-6-14-31)41(45)33-17-9-3-10-18-33)40-36-26-30(28-44)22-24-46(36)42(34-19-11-4-12-20-34)38(40)32-15-7-2-8-16-32/h1-26H. The van der Waals surface area contributed by atoms with Crippen LogP contribution in [0.3, 0.4) is 0 Å². The third kappa shape index (κ3) is 4.29. The summed E-state index contributed by atoms with van der Waals surface area (Å²) in [5.74, 6) is 0. The van der Waals surface area contributed by atoms with E-state index in [0.717, 1.165) is 66.9 Å². The van der Waals surface area contributed by atoms with E-state index in [2.05, 4.69) is 118 Å². The van der Waals surface area contributed by atoms with Crippen molar-refractivity contribution in [2.75, 3.05) is 0 Å². The second-order valence-electron chi connectivity index (χ2n) is 11.2. The summed E-state index contributed by atoms with van der Waals surface area (Å²) in [4.78, 5) is 0. The monoisotopic (exact) mass is 586 g/mol. The predicted octanol–water partition coefficient (Wildman–Crippen LogP) is 10.3. The van der Waals surface area contributed by atoms with Crippen molar-refractivity contribution in [3.63, 3.8) is 0 Å². The van der Waals surface area contributed by atoms with Crippen LogP contribution in [0.2, 0.25) is 0 Å². The molecule has 0 aliphatic heterocycles. The summed E-state index contributed by atoms with van der Waals surface area (Å²) in [5, 5.41) is 20.2. The van der Waals surface area contributed by atoms with Crippen molar-refractivity contribution in [1.29, 1.82) is 10.5 Å². The third-order valence-corrected chi connectivity index (χ3v) is 8.61. The van der Waals surface area contributed by atoms with Crippen LogP contribution in [0.1, 0.15) is 11.1 Å². The van der Waals surface area contributed by atoms with E-state index in [9.17, 15) is 10.5 Å². The van der Waals surface area contributed by atoms with Crippen molar-refractivity contribution in [3.8, 4) is 68.0 Å². The number of nitriles is 2. The van der Waals surface area contributed by atoms with Gasteiger partial charge in [0.05, 0.1) is 45.7 Å². The van der Waals surface area contributed by atoms with E-state index in [4.69, 9.17) is 0 Å². The third-order valence-electron chi connectivity index (χ3n) is 8.61. The SMILES string of the molecule is N#Cc1ccn2c(-c3ccccc3)c(-c3ccccc3)c(-c3c(-c4ccccc4)c(-c4ccccc4)n4ccc(C#N)cc34)c2c1. The van der Waals surface area contributed by atoms with Gasteiger partial charge in [-0.3, -0.25) is 0 Å². The Kier molecular flexibility index (Phi) is 6.53. The van der Waals surface area contributed by atoms with Crippen molar-refractivity contribution in [2.24, 2.45) is 0 Å². The van der Waals surface area contributed by atoms with Crippen molar-refractivity contribution in [1.82, 2.24) is 8.80 Å². The quantitative estimate of drug-likeness (QED) is 0.201. The Balaban J connectivity index is 1.66. The molecule has 0 saturated carbocycles. The number of hydrogen-bond donors (Lipinski definition) is 0. The second kappa shape index (κ2) is 11.1. The van der Waals surface area contributed by atoms with E-state index in [1.54, 1.807) is 0 Å². The minimum atomic E-state index is 0.580. The Morgan fingerprint density at radius 3 is 1.02 bits per heavy atom. The van der Waals surface area contributed by atoms with Crippen LogP contribution in [0.4, 0.5) is 0 Å². The van der Waals surface area contributed by atoms with Crippen molar-refractivity contribution >= 4 is 11.0 Å². The van der Waals surface area contributed by atoms with Gasteiger partial charge < -0.3 is 8.80 Å². The molecule has 0 unspecified atom stereocenters. The van der Waals surface area contributed by atoms with Crippen LogP contribution in [-0.2, 0) is 0 Å².